The van der Waals surface area contributed by atoms with E-state index >= 15 is 0 Å². The quantitative estimate of drug-likeness (QED) is 0.783. The third-order valence-corrected chi connectivity index (χ3v) is 4.57. The van der Waals surface area contributed by atoms with E-state index in [-0.39, 0.29) is 0 Å². The molecule has 1 fully saturated rings. The zero-order chi connectivity index (χ0) is 16.4. The lowest BCUT2D eigenvalue weighted by atomic mass is 10.3. The van der Waals surface area contributed by atoms with Gasteiger partial charge >= 0.3 is 0 Å². The zero-order valence-corrected chi connectivity index (χ0v) is 13.9. The van der Waals surface area contributed by atoms with Crippen molar-refractivity contribution in [2.45, 2.75) is 26.3 Å². The number of aromatic nitrogens is 4. The summed E-state index contributed by atoms with van der Waals surface area (Å²) in [6.07, 6.45) is 4.15. The van der Waals surface area contributed by atoms with E-state index < -0.39 is 0 Å². The van der Waals surface area contributed by atoms with Crippen LogP contribution in [0.25, 0.3) is 11.0 Å². The van der Waals surface area contributed by atoms with Gasteiger partial charge in [0.15, 0.2) is 0 Å². The predicted molar refractivity (Wildman–Crippen MR) is 96.4 cm³/mol. The second kappa shape index (κ2) is 6.47. The number of hydrogen-bond acceptors (Lipinski definition) is 5. The second-order valence-corrected chi connectivity index (χ2v) is 6.18. The van der Waals surface area contributed by atoms with Gasteiger partial charge in [0, 0.05) is 32.2 Å². The van der Waals surface area contributed by atoms with Crippen molar-refractivity contribution in [1.29, 1.82) is 0 Å². The summed E-state index contributed by atoms with van der Waals surface area (Å²) in [5.41, 5.74) is 2.23. The molecule has 1 aromatic carbocycles. The summed E-state index contributed by atoms with van der Waals surface area (Å²) >= 11 is 0. The predicted octanol–water partition coefficient (Wildman–Crippen LogP) is 2.85. The molecule has 1 aliphatic heterocycles. The van der Waals surface area contributed by atoms with Gasteiger partial charge in [0.25, 0.3) is 0 Å². The molecule has 24 heavy (non-hydrogen) atoms. The summed E-state index contributed by atoms with van der Waals surface area (Å²) in [6, 6.07) is 10.3. The first-order valence-corrected chi connectivity index (χ1v) is 8.54. The third kappa shape index (κ3) is 2.91. The van der Waals surface area contributed by atoms with E-state index in [0.717, 1.165) is 49.2 Å². The Morgan fingerprint density at radius 3 is 2.83 bits per heavy atom. The van der Waals surface area contributed by atoms with E-state index in [0.29, 0.717) is 0 Å². The van der Waals surface area contributed by atoms with Crippen LogP contribution in [0.2, 0.25) is 0 Å². The van der Waals surface area contributed by atoms with Crippen molar-refractivity contribution in [3.8, 4) is 0 Å². The molecule has 6 heteroatoms. The van der Waals surface area contributed by atoms with E-state index in [9.17, 15) is 0 Å². The van der Waals surface area contributed by atoms with Gasteiger partial charge < -0.3 is 14.8 Å². The molecule has 0 aliphatic carbocycles. The van der Waals surface area contributed by atoms with Crippen LogP contribution in [-0.4, -0.2) is 39.2 Å². The van der Waals surface area contributed by atoms with Crippen LogP contribution in [0.4, 0.5) is 11.6 Å². The van der Waals surface area contributed by atoms with E-state index in [2.05, 4.69) is 54.9 Å². The topological polar surface area (TPSA) is 58.9 Å². The first-order chi connectivity index (χ1) is 11.8. The third-order valence-electron chi connectivity index (χ3n) is 4.57. The van der Waals surface area contributed by atoms with Gasteiger partial charge in [0.05, 0.1) is 11.0 Å². The van der Waals surface area contributed by atoms with E-state index in [1.165, 1.54) is 18.4 Å². The molecule has 124 valence electrons. The van der Waals surface area contributed by atoms with Crippen LogP contribution in [0.1, 0.15) is 18.7 Å². The van der Waals surface area contributed by atoms with E-state index in [4.69, 9.17) is 0 Å². The number of aryl methyl sites for hydroxylation is 1. The summed E-state index contributed by atoms with van der Waals surface area (Å²) < 4.78 is 2.24. The largest absolute Gasteiger partial charge is 0.368 e. The summed E-state index contributed by atoms with van der Waals surface area (Å²) in [7, 11) is 0. The average molecular weight is 322 g/mol. The van der Waals surface area contributed by atoms with Gasteiger partial charge in [-0.1, -0.05) is 12.1 Å². The Kier molecular flexibility index (Phi) is 4.02. The van der Waals surface area contributed by atoms with Crippen LogP contribution in [0.15, 0.2) is 36.7 Å². The Balaban J connectivity index is 1.43. The van der Waals surface area contributed by atoms with Crippen molar-refractivity contribution in [1.82, 2.24) is 19.5 Å². The standard InChI is InChI=1S/C18H22N6/c1-14-22-15-6-2-3-7-16(15)24(14)11-8-19-17-12-18(21-13-20-17)23-9-4-5-10-23/h2-3,6-7,12-13H,4-5,8-11H2,1H3,(H,19,20,21). The number of fused-ring (bicyclic) bond motifs is 1. The molecule has 0 unspecified atom stereocenters. The fourth-order valence-electron chi connectivity index (χ4n) is 3.34. The monoisotopic (exact) mass is 322 g/mol. The fraction of sp³-hybridized carbons (Fsp3) is 0.389. The molecule has 1 N–H and O–H groups in total. The fourth-order valence-corrected chi connectivity index (χ4v) is 3.34. The number of rotatable bonds is 5. The number of nitrogens with one attached hydrogen (secondary N) is 1. The van der Waals surface area contributed by atoms with Gasteiger partial charge in [0.1, 0.15) is 23.8 Å². The van der Waals surface area contributed by atoms with Crippen molar-refractivity contribution in [2.24, 2.45) is 0 Å². The molecule has 6 nitrogen and oxygen atoms in total. The Hall–Kier alpha value is -2.63. The highest BCUT2D eigenvalue weighted by molar-refractivity contribution is 5.75. The Labute approximate surface area is 141 Å². The Morgan fingerprint density at radius 2 is 1.96 bits per heavy atom. The normalized spacial score (nSPS) is 14.5. The molecule has 0 spiro atoms. The highest BCUT2D eigenvalue weighted by Crippen LogP contribution is 2.19. The number of para-hydroxylation sites is 2. The minimum absolute atomic E-state index is 0.803. The molecule has 4 rings (SSSR count). The van der Waals surface area contributed by atoms with Crippen LogP contribution in [-0.2, 0) is 6.54 Å². The average Bonchev–Trinajstić information content (AvgIpc) is 3.24. The molecule has 1 aliphatic rings. The van der Waals surface area contributed by atoms with E-state index in [1.54, 1.807) is 6.33 Å². The van der Waals surface area contributed by atoms with Crippen LogP contribution in [0.5, 0.6) is 0 Å². The minimum Gasteiger partial charge on any atom is -0.368 e. The van der Waals surface area contributed by atoms with Gasteiger partial charge in [-0.15, -0.1) is 0 Å². The first-order valence-electron chi connectivity index (χ1n) is 8.54. The van der Waals surface area contributed by atoms with Gasteiger partial charge in [-0.05, 0) is 31.9 Å². The summed E-state index contributed by atoms with van der Waals surface area (Å²) in [5.74, 6) is 2.95. The van der Waals surface area contributed by atoms with Crippen molar-refractivity contribution in [3.63, 3.8) is 0 Å². The van der Waals surface area contributed by atoms with Gasteiger partial charge in [-0.3, -0.25) is 0 Å². The summed E-state index contributed by atoms with van der Waals surface area (Å²) in [5, 5.41) is 3.41. The molecule has 1 saturated heterocycles. The van der Waals surface area contributed by atoms with Crippen LogP contribution >= 0.6 is 0 Å². The van der Waals surface area contributed by atoms with E-state index in [1.807, 2.05) is 12.1 Å². The molecule has 0 radical (unpaired) electrons. The number of hydrogen-bond donors (Lipinski definition) is 1. The molecular formula is C18H22N6. The van der Waals surface area contributed by atoms with Crippen molar-refractivity contribution in [2.75, 3.05) is 29.9 Å². The highest BCUT2D eigenvalue weighted by Gasteiger charge is 2.14. The Morgan fingerprint density at radius 1 is 1.12 bits per heavy atom. The molecule has 3 aromatic rings. The lowest BCUT2D eigenvalue weighted by molar-refractivity contribution is 0.720. The molecule has 0 saturated carbocycles. The molecule has 0 atom stereocenters. The SMILES string of the molecule is Cc1nc2ccccc2n1CCNc1cc(N2CCCC2)ncn1. The Bertz CT molecular complexity index is 834. The second-order valence-electron chi connectivity index (χ2n) is 6.18. The molecule has 0 amide bonds. The maximum absolute atomic E-state index is 4.61. The van der Waals surface area contributed by atoms with Crippen LogP contribution in [0.3, 0.4) is 0 Å². The molecule has 2 aromatic heterocycles. The lowest BCUT2D eigenvalue weighted by Crippen LogP contribution is -2.19. The molecule has 3 heterocycles. The first kappa shape index (κ1) is 14.9. The van der Waals surface area contributed by atoms with Crippen molar-refractivity contribution < 1.29 is 0 Å². The van der Waals surface area contributed by atoms with Crippen molar-refractivity contribution in [3.05, 3.63) is 42.5 Å². The van der Waals surface area contributed by atoms with Gasteiger partial charge in [0.2, 0.25) is 0 Å². The number of imidazole rings is 1. The minimum atomic E-state index is 0.803. The number of nitrogens with zero attached hydrogens (tertiary/aromatic N) is 5. The zero-order valence-electron chi connectivity index (χ0n) is 13.9. The molecule has 0 bridgehead atoms. The van der Waals surface area contributed by atoms with Gasteiger partial charge in [-0.2, -0.15) is 0 Å². The smallest absolute Gasteiger partial charge is 0.134 e. The molecular weight excluding hydrogens is 300 g/mol. The highest BCUT2D eigenvalue weighted by atomic mass is 15.2. The lowest BCUT2D eigenvalue weighted by Gasteiger charge is -2.16. The number of anilines is 2. The number of benzene rings is 1. The maximum atomic E-state index is 4.61. The summed E-state index contributed by atoms with van der Waals surface area (Å²) in [4.78, 5) is 15.7. The van der Waals surface area contributed by atoms with Crippen LogP contribution < -0.4 is 10.2 Å². The van der Waals surface area contributed by atoms with Crippen molar-refractivity contribution >= 4 is 22.7 Å². The van der Waals surface area contributed by atoms with Crippen LogP contribution in [0, 0.1) is 6.92 Å². The maximum Gasteiger partial charge on any atom is 0.134 e. The summed E-state index contributed by atoms with van der Waals surface area (Å²) in [6.45, 7) is 5.90. The van der Waals surface area contributed by atoms with Gasteiger partial charge in [-0.25, -0.2) is 15.0 Å².